The zero-order valence-corrected chi connectivity index (χ0v) is 16.5. The third-order valence-electron chi connectivity index (χ3n) is 4.38. The SMILES string of the molecule is CC(C)CCOC(=O)CC1C(=O)NCCN1C(=O)COc1ccccc1[N+](=O)[O-]. The lowest BCUT2D eigenvalue weighted by molar-refractivity contribution is -0.385. The molecule has 1 fully saturated rings. The highest BCUT2D eigenvalue weighted by Gasteiger charge is 2.35. The van der Waals surface area contributed by atoms with Crippen LogP contribution in [-0.4, -0.2) is 60.0 Å². The second-order valence-corrected chi connectivity index (χ2v) is 7.01. The van der Waals surface area contributed by atoms with Gasteiger partial charge in [0.2, 0.25) is 5.91 Å². The lowest BCUT2D eigenvalue weighted by atomic mass is 10.1. The zero-order valence-electron chi connectivity index (χ0n) is 16.5. The number of piperazine rings is 1. The van der Waals surface area contributed by atoms with Crippen LogP contribution in [0.2, 0.25) is 0 Å². The van der Waals surface area contributed by atoms with Crippen molar-refractivity contribution in [3.8, 4) is 5.75 Å². The summed E-state index contributed by atoms with van der Waals surface area (Å²) in [6, 6.07) is 4.69. The van der Waals surface area contributed by atoms with Crippen LogP contribution in [0.15, 0.2) is 24.3 Å². The van der Waals surface area contributed by atoms with Crippen molar-refractivity contribution in [1.29, 1.82) is 0 Å². The quantitative estimate of drug-likeness (QED) is 0.371. The number of para-hydroxylation sites is 2. The predicted octanol–water partition coefficient (Wildman–Crippen LogP) is 1.28. The molecule has 10 nitrogen and oxygen atoms in total. The van der Waals surface area contributed by atoms with Crippen LogP contribution in [0.5, 0.6) is 5.75 Å². The number of nitrogens with zero attached hydrogens (tertiary/aromatic N) is 2. The first-order valence-electron chi connectivity index (χ1n) is 9.38. The van der Waals surface area contributed by atoms with E-state index in [4.69, 9.17) is 9.47 Å². The van der Waals surface area contributed by atoms with Gasteiger partial charge in [-0.05, 0) is 18.4 Å². The molecular weight excluding hydrogens is 382 g/mol. The van der Waals surface area contributed by atoms with Gasteiger partial charge < -0.3 is 19.7 Å². The van der Waals surface area contributed by atoms with E-state index >= 15 is 0 Å². The number of esters is 1. The maximum absolute atomic E-state index is 12.6. The molecule has 1 atom stereocenters. The minimum atomic E-state index is -1.00. The number of nitro groups is 1. The predicted molar refractivity (Wildman–Crippen MR) is 102 cm³/mol. The van der Waals surface area contributed by atoms with Crippen molar-refractivity contribution in [3.63, 3.8) is 0 Å². The third kappa shape index (κ3) is 6.44. The van der Waals surface area contributed by atoms with Crippen LogP contribution in [-0.2, 0) is 19.1 Å². The number of benzene rings is 1. The standard InChI is InChI=1S/C19H25N3O7/c1-13(2)7-10-28-18(24)11-15-19(25)20-8-9-21(15)17(23)12-29-16-6-4-3-5-14(16)22(26)27/h3-6,13,15H,7-12H2,1-2H3,(H,20,25). The van der Waals surface area contributed by atoms with E-state index in [0.29, 0.717) is 12.3 Å². The average molecular weight is 407 g/mol. The van der Waals surface area contributed by atoms with Crippen molar-refractivity contribution in [2.75, 3.05) is 26.3 Å². The van der Waals surface area contributed by atoms with Crippen molar-refractivity contribution >= 4 is 23.5 Å². The van der Waals surface area contributed by atoms with E-state index in [1.54, 1.807) is 6.07 Å². The Morgan fingerprint density at radius 1 is 1.34 bits per heavy atom. The Labute approximate surface area is 168 Å². The van der Waals surface area contributed by atoms with Gasteiger partial charge in [-0.3, -0.25) is 24.5 Å². The van der Waals surface area contributed by atoms with E-state index in [9.17, 15) is 24.5 Å². The molecule has 1 aromatic rings. The highest BCUT2D eigenvalue weighted by Crippen LogP contribution is 2.26. The summed E-state index contributed by atoms with van der Waals surface area (Å²) in [4.78, 5) is 48.5. The van der Waals surface area contributed by atoms with Crippen LogP contribution in [0, 0.1) is 16.0 Å². The Morgan fingerprint density at radius 3 is 2.76 bits per heavy atom. The van der Waals surface area contributed by atoms with Gasteiger partial charge in [0.05, 0.1) is 18.0 Å². The summed E-state index contributed by atoms with van der Waals surface area (Å²) in [5.41, 5.74) is -0.262. The van der Waals surface area contributed by atoms with E-state index in [1.165, 1.54) is 23.1 Å². The van der Waals surface area contributed by atoms with E-state index < -0.39 is 35.4 Å². The molecule has 1 heterocycles. The topological polar surface area (TPSA) is 128 Å². The maximum atomic E-state index is 12.6. The second-order valence-electron chi connectivity index (χ2n) is 7.01. The molecule has 1 aliphatic rings. The fourth-order valence-electron chi connectivity index (χ4n) is 2.79. The Hall–Kier alpha value is -3.17. The summed E-state index contributed by atoms with van der Waals surface area (Å²) in [6.07, 6.45) is 0.441. The number of hydrogen-bond donors (Lipinski definition) is 1. The van der Waals surface area contributed by atoms with Gasteiger partial charge in [0.1, 0.15) is 6.04 Å². The summed E-state index contributed by atoms with van der Waals surface area (Å²) >= 11 is 0. The monoisotopic (exact) mass is 407 g/mol. The summed E-state index contributed by atoms with van der Waals surface area (Å²) in [5.74, 6) is -1.23. The molecule has 0 spiro atoms. The van der Waals surface area contributed by atoms with Gasteiger partial charge in [-0.15, -0.1) is 0 Å². The first-order valence-corrected chi connectivity index (χ1v) is 9.38. The molecule has 2 rings (SSSR count). The van der Waals surface area contributed by atoms with Crippen LogP contribution in [0.3, 0.4) is 0 Å². The fourth-order valence-corrected chi connectivity index (χ4v) is 2.79. The minimum Gasteiger partial charge on any atom is -0.477 e. The Kier molecular flexibility index (Phi) is 7.93. The van der Waals surface area contributed by atoms with E-state index in [0.717, 1.165) is 0 Å². The smallest absolute Gasteiger partial charge is 0.310 e. The first kappa shape index (κ1) is 22.1. The second kappa shape index (κ2) is 10.4. The van der Waals surface area contributed by atoms with Crippen molar-refractivity contribution in [2.45, 2.75) is 32.7 Å². The third-order valence-corrected chi connectivity index (χ3v) is 4.38. The molecule has 0 aromatic heterocycles. The van der Waals surface area contributed by atoms with E-state index in [1.807, 2.05) is 13.8 Å². The number of rotatable bonds is 9. The number of carbonyl (C=O) groups excluding carboxylic acids is 3. The molecule has 0 bridgehead atoms. The lowest BCUT2D eigenvalue weighted by Gasteiger charge is -2.34. The van der Waals surface area contributed by atoms with Gasteiger partial charge in [0, 0.05) is 19.2 Å². The van der Waals surface area contributed by atoms with E-state index in [-0.39, 0.29) is 37.6 Å². The van der Waals surface area contributed by atoms with Gasteiger partial charge in [-0.2, -0.15) is 0 Å². The zero-order chi connectivity index (χ0) is 21.4. The molecule has 29 heavy (non-hydrogen) atoms. The molecule has 158 valence electrons. The summed E-state index contributed by atoms with van der Waals surface area (Å²) < 4.78 is 10.5. The van der Waals surface area contributed by atoms with E-state index in [2.05, 4.69) is 5.32 Å². The molecule has 2 amide bonds. The van der Waals surface area contributed by atoms with Crippen molar-refractivity contribution in [2.24, 2.45) is 5.92 Å². The van der Waals surface area contributed by atoms with Crippen LogP contribution in [0.4, 0.5) is 5.69 Å². The average Bonchev–Trinajstić information content (AvgIpc) is 2.67. The van der Waals surface area contributed by atoms with Gasteiger partial charge in [-0.25, -0.2) is 0 Å². The Balaban J connectivity index is 1.98. The Bertz CT molecular complexity index is 766. The molecule has 0 radical (unpaired) electrons. The summed E-state index contributed by atoms with van der Waals surface area (Å²) in [6.45, 7) is 4.21. The first-order chi connectivity index (χ1) is 13.8. The molecule has 1 saturated heterocycles. The van der Waals surface area contributed by atoms with Crippen molar-refractivity contribution in [3.05, 3.63) is 34.4 Å². The Morgan fingerprint density at radius 2 is 2.07 bits per heavy atom. The van der Waals surface area contributed by atoms with Crippen LogP contribution < -0.4 is 10.1 Å². The van der Waals surface area contributed by atoms with Crippen molar-refractivity contribution in [1.82, 2.24) is 10.2 Å². The number of nitro benzene ring substituents is 1. The number of carbonyl (C=O) groups is 3. The highest BCUT2D eigenvalue weighted by molar-refractivity contribution is 5.92. The van der Waals surface area contributed by atoms with Crippen LogP contribution in [0.1, 0.15) is 26.7 Å². The number of ether oxygens (including phenoxy) is 2. The molecule has 1 aromatic carbocycles. The largest absolute Gasteiger partial charge is 0.477 e. The summed E-state index contributed by atoms with van der Waals surface area (Å²) in [5, 5.41) is 13.7. The minimum absolute atomic E-state index is 0.0445. The number of nitrogens with one attached hydrogen (secondary N) is 1. The molecular formula is C19H25N3O7. The van der Waals surface area contributed by atoms with Gasteiger partial charge >= 0.3 is 11.7 Å². The highest BCUT2D eigenvalue weighted by atomic mass is 16.6. The van der Waals surface area contributed by atoms with Gasteiger partial charge in [-0.1, -0.05) is 26.0 Å². The molecule has 1 unspecified atom stereocenters. The maximum Gasteiger partial charge on any atom is 0.310 e. The van der Waals surface area contributed by atoms with Crippen LogP contribution >= 0.6 is 0 Å². The molecule has 10 heteroatoms. The molecule has 1 N–H and O–H groups in total. The molecule has 0 saturated carbocycles. The molecule has 1 aliphatic heterocycles. The van der Waals surface area contributed by atoms with Gasteiger partial charge in [0.25, 0.3) is 5.91 Å². The number of hydrogen-bond acceptors (Lipinski definition) is 7. The van der Waals surface area contributed by atoms with Gasteiger partial charge in [0.15, 0.2) is 12.4 Å². The number of amides is 2. The lowest BCUT2D eigenvalue weighted by Crippen LogP contribution is -2.58. The summed E-state index contributed by atoms with van der Waals surface area (Å²) in [7, 11) is 0. The molecule has 0 aliphatic carbocycles. The normalized spacial score (nSPS) is 16.3. The van der Waals surface area contributed by atoms with Crippen molar-refractivity contribution < 1.29 is 28.8 Å². The van der Waals surface area contributed by atoms with Crippen LogP contribution in [0.25, 0.3) is 0 Å². The fraction of sp³-hybridized carbons (Fsp3) is 0.526.